The standard InChI is InChI=1S/C14H14N2O3/c1-19-11-5-2-9(3-6-11)14(18)16-13-7-4-10(17)8-12(13)15/h2-8,17H,15H2,1H3,(H,16,18). The largest absolute Gasteiger partial charge is 0.508 e. The number of anilines is 2. The van der Waals surface area contributed by atoms with E-state index in [4.69, 9.17) is 10.5 Å². The molecule has 0 radical (unpaired) electrons. The van der Waals surface area contributed by atoms with Gasteiger partial charge >= 0.3 is 0 Å². The molecule has 0 aliphatic carbocycles. The molecular formula is C14H14N2O3. The molecule has 0 aliphatic rings. The van der Waals surface area contributed by atoms with Crippen molar-refractivity contribution in [3.05, 3.63) is 48.0 Å². The van der Waals surface area contributed by atoms with Crippen molar-refractivity contribution in [2.24, 2.45) is 0 Å². The minimum absolute atomic E-state index is 0.0555. The number of hydrogen-bond donors (Lipinski definition) is 3. The van der Waals surface area contributed by atoms with Crippen LogP contribution in [0.2, 0.25) is 0 Å². The molecule has 2 aromatic rings. The molecular weight excluding hydrogens is 244 g/mol. The molecule has 0 saturated carbocycles. The maximum absolute atomic E-state index is 12.0. The van der Waals surface area contributed by atoms with Gasteiger partial charge in [-0.15, -0.1) is 0 Å². The average molecular weight is 258 g/mol. The zero-order chi connectivity index (χ0) is 13.8. The SMILES string of the molecule is COc1ccc(C(=O)Nc2ccc(O)cc2N)cc1. The van der Waals surface area contributed by atoms with Crippen molar-refractivity contribution in [2.75, 3.05) is 18.2 Å². The summed E-state index contributed by atoms with van der Waals surface area (Å²) in [6, 6.07) is 11.1. The molecule has 0 unspecified atom stereocenters. The van der Waals surface area contributed by atoms with Crippen LogP contribution in [0, 0.1) is 0 Å². The lowest BCUT2D eigenvalue weighted by molar-refractivity contribution is 0.102. The quantitative estimate of drug-likeness (QED) is 0.582. The summed E-state index contributed by atoms with van der Waals surface area (Å²) in [5.41, 5.74) is 6.96. The van der Waals surface area contributed by atoms with Gasteiger partial charge in [0.15, 0.2) is 0 Å². The first-order valence-electron chi connectivity index (χ1n) is 5.64. The van der Waals surface area contributed by atoms with Crippen molar-refractivity contribution < 1.29 is 14.6 Å². The number of hydrogen-bond acceptors (Lipinski definition) is 4. The summed E-state index contributed by atoms with van der Waals surface area (Å²) in [5, 5.41) is 11.9. The predicted molar refractivity (Wildman–Crippen MR) is 73.5 cm³/mol. The van der Waals surface area contributed by atoms with Gasteiger partial charge in [0.1, 0.15) is 11.5 Å². The molecule has 19 heavy (non-hydrogen) atoms. The van der Waals surface area contributed by atoms with Crippen LogP contribution in [-0.2, 0) is 0 Å². The number of ether oxygens (including phenoxy) is 1. The molecule has 2 aromatic carbocycles. The summed E-state index contributed by atoms with van der Waals surface area (Å²) in [4.78, 5) is 12.0. The molecule has 0 aliphatic heterocycles. The van der Waals surface area contributed by atoms with Crippen LogP contribution in [0.4, 0.5) is 11.4 Å². The van der Waals surface area contributed by atoms with Crippen LogP contribution in [0.3, 0.4) is 0 Å². The Labute approximate surface area is 110 Å². The fourth-order valence-electron chi connectivity index (χ4n) is 1.60. The topological polar surface area (TPSA) is 84.6 Å². The van der Waals surface area contributed by atoms with Crippen LogP contribution in [0.1, 0.15) is 10.4 Å². The fraction of sp³-hybridized carbons (Fsp3) is 0.0714. The van der Waals surface area contributed by atoms with Crippen LogP contribution in [0.25, 0.3) is 0 Å². The molecule has 5 nitrogen and oxygen atoms in total. The summed E-state index contributed by atoms with van der Waals surface area (Å²) in [6.07, 6.45) is 0. The molecule has 0 bridgehead atoms. The Kier molecular flexibility index (Phi) is 3.56. The van der Waals surface area contributed by atoms with Crippen LogP contribution < -0.4 is 15.8 Å². The molecule has 2 rings (SSSR count). The van der Waals surface area contributed by atoms with E-state index in [1.807, 2.05) is 0 Å². The smallest absolute Gasteiger partial charge is 0.255 e. The maximum atomic E-state index is 12.0. The number of nitrogens with one attached hydrogen (secondary N) is 1. The number of phenols is 1. The van der Waals surface area contributed by atoms with Gasteiger partial charge in [-0.05, 0) is 36.4 Å². The summed E-state index contributed by atoms with van der Waals surface area (Å²) >= 11 is 0. The van der Waals surface area contributed by atoms with Crippen molar-refractivity contribution in [3.8, 4) is 11.5 Å². The number of phenolic OH excluding ortho intramolecular Hbond substituents is 1. The van der Waals surface area contributed by atoms with Gasteiger partial charge in [0, 0.05) is 11.6 Å². The number of carbonyl (C=O) groups excluding carboxylic acids is 1. The molecule has 0 aromatic heterocycles. The highest BCUT2D eigenvalue weighted by molar-refractivity contribution is 6.05. The van der Waals surface area contributed by atoms with E-state index < -0.39 is 0 Å². The van der Waals surface area contributed by atoms with Crippen LogP contribution in [0.5, 0.6) is 11.5 Å². The Hall–Kier alpha value is -2.69. The lowest BCUT2D eigenvalue weighted by Crippen LogP contribution is -2.13. The van der Waals surface area contributed by atoms with E-state index in [-0.39, 0.29) is 11.7 Å². The molecule has 5 heteroatoms. The van der Waals surface area contributed by atoms with Gasteiger partial charge in [0.2, 0.25) is 0 Å². The van der Waals surface area contributed by atoms with E-state index in [0.29, 0.717) is 22.7 Å². The second-order valence-electron chi connectivity index (χ2n) is 3.95. The number of benzene rings is 2. The molecule has 98 valence electrons. The summed E-state index contributed by atoms with van der Waals surface area (Å²) in [6.45, 7) is 0. The zero-order valence-electron chi connectivity index (χ0n) is 10.4. The van der Waals surface area contributed by atoms with E-state index >= 15 is 0 Å². The number of nitrogens with two attached hydrogens (primary N) is 1. The Morgan fingerprint density at radius 1 is 1.21 bits per heavy atom. The number of methoxy groups -OCH3 is 1. The molecule has 4 N–H and O–H groups in total. The Morgan fingerprint density at radius 3 is 2.47 bits per heavy atom. The lowest BCUT2D eigenvalue weighted by atomic mass is 10.2. The third kappa shape index (κ3) is 2.95. The molecule has 0 atom stereocenters. The summed E-state index contributed by atoms with van der Waals surface area (Å²) < 4.78 is 5.02. The molecule has 0 heterocycles. The second kappa shape index (κ2) is 5.30. The van der Waals surface area contributed by atoms with Gasteiger partial charge < -0.3 is 20.9 Å². The van der Waals surface area contributed by atoms with Crippen molar-refractivity contribution in [2.45, 2.75) is 0 Å². The van der Waals surface area contributed by atoms with E-state index in [9.17, 15) is 9.90 Å². The highest BCUT2D eigenvalue weighted by Crippen LogP contribution is 2.24. The Balaban J connectivity index is 2.15. The van der Waals surface area contributed by atoms with Crippen molar-refractivity contribution in [1.82, 2.24) is 0 Å². The van der Waals surface area contributed by atoms with Crippen molar-refractivity contribution >= 4 is 17.3 Å². The number of aromatic hydroxyl groups is 1. The maximum Gasteiger partial charge on any atom is 0.255 e. The number of amides is 1. The zero-order valence-corrected chi connectivity index (χ0v) is 10.4. The van der Waals surface area contributed by atoms with Crippen molar-refractivity contribution in [3.63, 3.8) is 0 Å². The van der Waals surface area contributed by atoms with Gasteiger partial charge in [-0.3, -0.25) is 4.79 Å². The van der Waals surface area contributed by atoms with Crippen LogP contribution in [0.15, 0.2) is 42.5 Å². The number of nitrogen functional groups attached to an aromatic ring is 1. The normalized spacial score (nSPS) is 9.95. The lowest BCUT2D eigenvalue weighted by Gasteiger charge is -2.08. The molecule has 0 spiro atoms. The Morgan fingerprint density at radius 2 is 1.89 bits per heavy atom. The van der Waals surface area contributed by atoms with Gasteiger partial charge in [-0.2, -0.15) is 0 Å². The third-order valence-corrected chi connectivity index (χ3v) is 2.64. The first-order chi connectivity index (χ1) is 9.10. The van der Waals surface area contributed by atoms with Crippen LogP contribution in [-0.4, -0.2) is 18.1 Å². The first-order valence-corrected chi connectivity index (χ1v) is 5.64. The van der Waals surface area contributed by atoms with Gasteiger partial charge in [0.05, 0.1) is 18.5 Å². The Bertz CT molecular complexity index is 594. The summed E-state index contributed by atoms with van der Waals surface area (Å²) in [7, 11) is 1.56. The summed E-state index contributed by atoms with van der Waals surface area (Å²) in [5.74, 6) is 0.459. The highest BCUT2D eigenvalue weighted by Gasteiger charge is 2.08. The van der Waals surface area contributed by atoms with E-state index in [2.05, 4.69) is 5.32 Å². The highest BCUT2D eigenvalue weighted by atomic mass is 16.5. The van der Waals surface area contributed by atoms with Gasteiger partial charge in [-0.25, -0.2) is 0 Å². The van der Waals surface area contributed by atoms with Gasteiger partial charge in [0.25, 0.3) is 5.91 Å². The van der Waals surface area contributed by atoms with E-state index in [0.717, 1.165) is 0 Å². The fourth-order valence-corrected chi connectivity index (χ4v) is 1.60. The third-order valence-electron chi connectivity index (χ3n) is 2.64. The molecule has 0 fully saturated rings. The monoisotopic (exact) mass is 258 g/mol. The first kappa shape index (κ1) is 12.8. The van der Waals surface area contributed by atoms with Gasteiger partial charge in [-0.1, -0.05) is 0 Å². The minimum atomic E-state index is -0.278. The number of carbonyl (C=O) groups is 1. The predicted octanol–water partition coefficient (Wildman–Crippen LogP) is 2.24. The second-order valence-corrected chi connectivity index (χ2v) is 3.95. The minimum Gasteiger partial charge on any atom is -0.508 e. The number of rotatable bonds is 3. The average Bonchev–Trinajstić information content (AvgIpc) is 2.42. The van der Waals surface area contributed by atoms with E-state index in [1.54, 1.807) is 37.4 Å². The van der Waals surface area contributed by atoms with E-state index in [1.165, 1.54) is 12.1 Å². The van der Waals surface area contributed by atoms with Crippen LogP contribution >= 0.6 is 0 Å². The van der Waals surface area contributed by atoms with Crippen molar-refractivity contribution in [1.29, 1.82) is 0 Å². The molecule has 0 saturated heterocycles. The molecule has 1 amide bonds.